The lowest BCUT2D eigenvalue weighted by atomic mass is 10.4. The van der Waals surface area contributed by atoms with Gasteiger partial charge in [0.25, 0.3) is 0 Å². The van der Waals surface area contributed by atoms with Crippen molar-refractivity contribution in [3.05, 3.63) is 11.9 Å². The molecule has 0 aliphatic carbocycles. The Morgan fingerprint density at radius 3 is 2.00 bits per heavy atom. The number of nitrogens with zero attached hydrogens (tertiary/aromatic N) is 2. The SMILES string of the molecule is C=N/C(=C\N(C)C)C(F)(F)F. The molecule has 0 atom stereocenters. The monoisotopic (exact) mass is 166 g/mol. The molecule has 0 aromatic carbocycles. The molecule has 0 aliphatic rings. The summed E-state index contributed by atoms with van der Waals surface area (Å²) in [7, 11) is 2.97. The van der Waals surface area contributed by atoms with E-state index < -0.39 is 11.9 Å². The van der Waals surface area contributed by atoms with Crippen molar-refractivity contribution in [1.29, 1.82) is 0 Å². The summed E-state index contributed by atoms with van der Waals surface area (Å²) in [6, 6.07) is 0. The molecule has 0 heterocycles. The molecule has 0 saturated carbocycles. The van der Waals surface area contributed by atoms with Crippen molar-refractivity contribution in [3.8, 4) is 0 Å². The normalized spacial score (nSPS) is 13.0. The molecular weight excluding hydrogens is 157 g/mol. The predicted molar refractivity (Wildman–Crippen MR) is 37.4 cm³/mol. The summed E-state index contributed by atoms with van der Waals surface area (Å²) < 4.78 is 35.6. The molecule has 0 fully saturated rings. The van der Waals surface area contributed by atoms with Gasteiger partial charge in [0.1, 0.15) is 0 Å². The fourth-order valence-electron chi connectivity index (χ4n) is 0.448. The van der Waals surface area contributed by atoms with Crippen LogP contribution in [0.3, 0.4) is 0 Å². The maximum absolute atomic E-state index is 11.9. The van der Waals surface area contributed by atoms with E-state index in [0.717, 1.165) is 6.20 Å². The predicted octanol–water partition coefficient (Wildman–Crippen LogP) is 1.65. The molecule has 0 amide bonds. The number of hydrogen-bond donors (Lipinski definition) is 0. The molecule has 11 heavy (non-hydrogen) atoms. The lowest BCUT2D eigenvalue weighted by molar-refractivity contribution is -0.0931. The zero-order valence-electron chi connectivity index (χ0n) is 6.31. The third kappa shape index (κ3) is 3.64. The van der Waals surface area contributed by atoms with Crippen molar-refractivity contribution in [2.75, 3.05) is 14.1 Å². The first kappa shape index (κ1) is 10.0. The van der Waals surface area contributed by atoms with Gasteiger partial charge in [0.2, 0.25) is 0 Å². The van der Waals surface area contributed by atoms with Gasteiger partial charge in [0.15, 0.2) is 5.70 Å². The van der Waals surface area contributed by atoms with Crippen LogP contribution < -0.4 is 0 Å². The molecule has 0 bridgehead atoms. The lowest BCUT2D eigenvalue weighted by Gasteiger charge is -2.10. The number of hydrogen-bond acceptors (Lipinski definition) is 2. The Morgan fingerprint density at radius 1 is 1.45 bits per heavy atom. The Labute approximate surface area is 63.0 Å². The largest absolute Gasteiger partial charge is 0.434 e. The smallest absolute Gasteiger partial charge is 0.382 e. The van der Waals surface area contributed by atoms with E-state index >= 15 is 0 Å². The van der Waals surface area contributed by atoms with Gasteiger partial charge < -0.3 is 4.90 Å². The van der Waals surface area contributed by atoms with Gasteiger partial charge in [-0.05, 0) is 6.72 Å². The molecule has 0 saturated heterocycles. The van der Waals surface area contributed by atoms with Crippen LogP contribution in [0, 0.1) is 0 Å². The van der Waals surface area contributed by atoms with Crippen molar-refractivity contribution in [3.63, 3.8) is 0 Å². The second-order valence-electron chi connectivity index (χ2n) is 2.13. The van der Waals surface area contributed by atoms with Gasteiger partial charge in [-0.25, -0.2) is 0 Å². The van der Waals surface area contributed by atoms with Gasteiger partial charge in [0, 0.05) is 20.3 Å². The molecule has 5 heteroatoms. The van der Waals surface area contributed by atoms with Gasteiger partial charge >= 0.3 is 6.18 Å². The first-order chi connectivity index (χ1) is 4.88. The van der Waals surface area contributed by atoms with E-state index in [1.165, 1.54) is 19.0 Å². The third-order valence-corrected chi connectivity index (χ3v) is 0.841. The maximum atomic E-state index is 11.9. The molecule has 0 aromatic rings. The van der Waals surface area contributed by atoms with Crippen LogP contribution in [0.4, 0.5) is 13.2 Å². The quantitative estimate of drug-likeness (QED) is 0.569. The first-order valence-electron chi connectivity index (χ1n) is 2.80. The van der Waals surface area contributed by atoms with E-state index in [4.69, 9.17) is 0 Å². The fraction of sp³-hybridized carbons (Fsp3) is 0.500. The molecular formula is C6H9F3N2. The molecule has 64 valence electrons. The molecule has 0 aliphatic heterocycles. The van der Waals surface area contributed by atoms with Gasteiger partial charge in [-0.3, -0.25) is 4.99 Å². The third-order valence-electron chi connectivity index (χ3n) is 0.841. The highest BCUT2D eigenvalue weighted by Crippen LogP contribution is 2.25. The summed E-state index contributed by atoms with van der Waals surface area (Å²) in [6.45, 7) is 2.82. The zero-order chi connectivity index (χ0) is 9.07. The summed E-state index contributed by atoms with van der Waals surface area (Å²) >= 11 is 0. The lowest BCUT2D eigenvalue weighted by Crippen LogP contribution is -2.14. The Hall–Kier alpha value is -1.00. The maximum Gasteiger partial charge on any atom is 0.434 e. The fourth-order valence-corrected chi connectivity index (χ4v) is 0.448. The number of aliphatic imine (C=N–C) groups is 1. The van der Waals surface area contributed by atoms with E-state index in [1.54, 1.807) is 0 Å². The van der Waals surface area contributed by atoms with Crippen molar-refractivity contribution in [2.24, 2.45) is 4.99 Å². The Bertz CT molecular complexity index is 169. The Balaban J connectivity index is 4.54. The van der Waals surface area contributed by atoms with Gasteiger partial charge in [0.05, 0.1) is 0 Å². The minimum absolute atomic E-state index is 0.868. The summed E-state index contributed by atoms with van der Waals surface area (Å²) in [5.74, 6) is 0. The molecule has 0 N–H and O–H groups in total. The Kier molecular flexibility index (Phi) is 3.10. The zero-order valence-corrected chi connectivity index (χ0v) is 6.31. The van der Waals surface area contributed by atoms with Crippen LogP contribution in [0.25, 0.3) is 0 Å². The second-order valence-corrected chi connectivity index (χ2v) is 2.13. The van der Waals surface area contributed by atoms with Gasteiger partial charge in [-0.2, -0.15) is 13.2 Å². The number of alkyl halides is 3. The van der Waals surface area contributed by atoms with E-state index in [0.29, 0.717) is 0 Å². The van der Waals surface area contributed by atoms with Crippen molar-refractivity contribution in [1.82, 2.24) is 4.90 Å². The highest BCUT2D eigenvalue weighted by molar-refractivity contribution is 5.30. The average Bonchev–Trinajstić information content (AvgIpc) is 1.79. The topological polar surface area (TPSA) is 15.6 Å². The van der Waals surface area contributed by atoms with Crippen molar-refractivity contribution >= 4 is 6.72 Å². The van der Waals surface area contributed by atoms with Crippen LogP contribution in [-0.2, 0) is 0 Å². The van der Waals surface area contributed by atoms with Gasteiger partial charge in [-0.15, -0.1) is 0 Å². The number of allylic oxidation sites excluding steroid dienone is 1. The number of rotatable bonds is 2. The average molecular weight is 166 g/mol. The summed E-state index contributed by atoms with van der Waals surface area (Å²) in [6.07, 6.45) is -3.54. The number of halogens is 3. The molecule has 0 rings (SSSR count). The van der Waals surface area contributed by atoms with Gasteiger partial charge in [-0.1, -0.05) is 0 Å². The van der Waals surface area contributed by atoms with Crippen LogP contribution in [0.5, 0.6) is 0 Å². The summed E-state index contributed by atoms with van der Waals surface area (Å²) in [5.41, 5.74) is -0.984. The molecule has 0 radical (unpaired) electrons. The first-order valence-corrected chi connectivity index (χ1v) is 2.80. The summed E-state index contributed by atoms with van der Waals surface area (Å²) in [4.78, 5) is 4.11. The molecule has 0 unspecified atom stereocenters. The van der Waals surface area contributed by atoms with E-state index in [1.807, 2.05) is 0 Å². The van der Waals surface area contributed by atoms with Crippen LogP contribution in [0.1, 0.15) is 0 Å². The highest BCUT2D eigenvalue weighted by atomic mass is 19.4. The van der Waals surface area contributed by atoms with Crippen LogP contribution in [-0.4, -0.2) is 31.9 Å². The van der Waals surface area contributed by atoms with E-state index in [-0.39, 0.29) is 0 Å². The molecule has 0 aromatic heterocycles. The van der Waals surface area contributed by atoms with Crippen molar-refractivity contribution in [2.45, 2.75) is 6.18 Å². The van der Waals surface area contributed by atoms with Crippen molar-refractivity contribution < 1.29 is 13.2 Å². The van der Waals surface area contributed by atoms with E-state index in [9.17, 15) is 13.2 Å². The summed E-state index contributed by atoms with van der Waals surface area (Å²) in [5, 5.41) is 0. The standard InChI is InChI=1S/C6H9F3N2/c1-10-5(4-11(2)3)6(7,8)9/h4H,1H2,2-3H3/b5-4-. The second kappa shape index (κ2) is 3.41. The Morgan fingerprint density at radius 2 is 1.91 bits per heavy atom. The molecule has 2 nitrogen and oxygen atoms in total. The van der Waals surface area contributed by atoms with Crippen LogP contribution in [0.15, 0.2) is 16.9 Å². The van der Waals surface area contributed by atoms with E-state index in [2.05, 4.69) is 11.7 Å². The minimum atomic E-state index is -4.41. The minimum Gasteiger partial charge on any atom is -0.382 e. The highest BCUT2D eigenvalue weighted by Gasteiger charge is 2.33. The van der Waals surface area contributed by atoms with Crippen LogP contribution in [0.2, 0.25) is 0 Å². The van der Waals surface area contributed by atoms with Crippen LogP contribution >= 0.6 is 0 Å². The molecule has 0 spiro atoms.